The van der Waals surface area contributed by atoms with E-state index in [0.717, 1.165) is 44.9 Å². The van der Waals surface area contributed by atoms with Crippen molar-refractivity contribution in [3.05, 3.63) is 11.6 Å². The first kappa shape index (κ1) is 15.7. The highest BCUT2D eigenvalue weighted by molar-refractivity contribution is 5.27. The van der Waals surface area contributed by atoms with E-state index >= 15 is 0 Å². The number of hydrogen-bond donors (Lipinski definition) is 2. The molecular weight excluding hydrogens is 286 g/mol. The van der Waals surface area contributed by atoms with Gasteiger partial charge in [0.15, 0.2) is 5.60 Å². The molecule has 0 spiro atoms. The standard InChI is InChI=1S/C20H29NO2/c1-18-8-5-14(22)11-13(18)3-4-15-16(18)6-9-19(2)17(15)7-10-20(19,23)12-21/h3,14-17,22-23H,4-11H2,1-2H3/t14-,15+,16-,17+,18-,19+,20+/m0/s1. The third-order valence-corrected chi connectivity index (χ3v) is 8.41. The first-order valence-corrected chi connectivity index (χ1v) is 9.35. The molecule has 3 saturated carbocycles. The van der Waals surface area contributed by atoms with Crippen LogP contribution >= 0.6 is 0 Å². The zero-order valence-corrected chi connectivity index (χ0v) is 14.4. The molecule has 0 aliphatic heterocycles. The summed E-state index contributed by atoms with van der Waals surface area (Å²) >= 11 is 0. The Balaban J connectivity index is 1.69. The molecule has 3 heteroatoms. The van der Waals surface area contributed by atoms with Crippen molar-refractivity contribution in [3.8, 4) is 6.07 Å². The van der Waals surface area contributed by atoms with Gasteiger partial charge >= 0.3 is 0 Å². The van der Waals surface area contributed by atoms with Gasteiger partial charge in [0.1, 0.15) is 0 Å². The Morgan fingerprint density at radius 2 is 1.87 bits per heavy atom. The van der Waals surface area contributed by atoms with Crippen molar-refractivity contribution in [2.75, 3.05) is 0 Å². The average molecular weight is 315 g/mol. The van der Waals surface area contributed by atoms with E-state index in [1.165, 1.54) is 5.57 Å². The summed E-state index contributed by atoms with van der Waals surface area (Å²) in [4.78, 5) is 0. The predicted octanol–water partition coefficient (Wildman–Crippen LogP) is 3.56. The van der Waals surface area contributed by atoms with E-state index in [1.807, 2.05) is 0 Å². The number of rotatable bonds is 0. The lowest BCUT2D eigenvalue weighted by Crippen LogP contribution is -2.54. The van der Waals surface area contributed by atoms with Crippen molar-refractivity contribution in [1.29, 1.82) is 5.26 Å². The molecule has 0 heterocycles. The summed E-state index contributed by atoms with van der Waals surface area (Å²) in [6, 6.07) is 2.25. The van der Waals surface area contributed by atoms with E-state index in [0.29, 0.717) is 24.2 Å². The third-order valence-electron chi connectivity index (χ3n) is 8.41. The van der Waals surface area contributed by atoms with Crippen LogP contribution in [0, 0.1) is 39.9 Å². The van der Waals surface area contributed by atoms with Gasteiger partial charge in [-0.05, 0) is 74.5 Å². The Labute approximate surface area is 139 Å². The fraction of sp³-hybridized carbons (Fsp3) is 0.850. The molecule has 0 aromatic rings. The van der Waals surface area contributed by atoms with Crippen LogP contribution < -0.4 is 0 Å². The molecule has 0 radical (unpaired) electrons. The second-order valence-electron chi connectivity index (χ2n) is 9.12. The molecule has 4 rings (SSSR count). The van der Waals surface area contributed by atoms with Crippen LogP contribution in [-0.2, 0) is 0 Å². The summed E-state index contributed by atoms with van der Waals surface area (Å²) in [5.41, 5.74) is 0.348. The third kappa shape index (κ3) is 1.88. The van der Waals surface area contributed by atoms with Gasteiger partial charge in [-0.15, -0.1) is 0 Å². The molecule has 126 valence electrons. The minimum atomic E-state index is -1.13. The van der Waals surface area contributed by atoms with Crippen molar-refractivity contribution in [3.63, 3.8) is 0 Å². The second kappa shape index (κ2) is 4.83. The summed E-state index contributed by atoms with van der Waals surface area (Å²) in [6.07, 6.45) is 9.89. The Morgan fingerprint density at radius 1 is 1.13 bits per heavy atom. The highest BCUT2D eigenvalue weighted by Gasteiger charge is 2.64. The summed E-state index contributed by atoms with van der Waals surface area (Å²) in [7, 11) is 0. The molecule has 3 nitrogen and oxygen atoms in total. The lowest BCUT2D eigenvalue weighted by atomic mass is 9.47. The number of allylic oxidation sites excluding steroid dienone is 1. The lowest BCUT2D eigenvalue weighted by Gasteiger charge is -2.58. The molecule has 2 N–H and O–H groups in total. The van der Waals surface area contributed by atoms with Gasteiger partial charge in [0.05, 0.1) is 12.2 Å². The lowest BCUT2D eigenvalue weighted by molar-refractivity contribution is -0.0978. The number of fused-ring (bicyclic) bond motifs is 5. The van der Waals surface area contributed by atoms with E-state index < -0.39 is 5.60 Å². The van der Waals surface area contributed by atoms with Crippen LogP contribution in [0.15, 0.2) is 11.6 Å². The molecule has 3 fully saturated rings. The van der Waals surface area contributed by atoms with Gasteiger partial charge in [0.2, 0.25) is 0 Å². The van der Waals surface area contributed by atoms with Gasteiger partial charge in [0, 0.05) is 5.41 Å². The maximum atomic E-state index is 10.9. The zero-order chi connectivity index (χ0) is 16.5. The summed E-state index contributed by atoms with van der Waals surface area (Å²) in [6.45, 7) is 4.58. The van der Waals surface area contributed by atoms with Crippen molar-refractivity contribution in [1.82, 2.24) is 0 Å². The summed E-state index contributed by atoms with van der Waals surface area (Å²) in [5, 5.41) is 30.5. The zero-order valence-electron chi connectivity index (χ0n) is 14.4. The smallest absolute Gasteiger partial charge is 0.156 e. The second-order valence-corrected chi connectivity index (χ2v) is 9.12. The predicted molar refractivity (Wildman–Crippen MR) is 88.3 cm³/mol. The number of aliphatic hydroxyl groups is 2. The van der Waals surface area contributed by atoms with Crippen molar-refractivity contribution in [2.45, 2.75) is 76.9 Å². The van der Waals surface area contributed by atoms with Crippen LogP contribution in [0.4, 0.5) is 0 Å². The Bertz CT molecular complexity index is 593. The maximum Gasteiger partial charge on any atom is 0.156 e. The number of hydrogen-bond acceptors (Lipinski definition) is 3. The van der Waals surface area contributed by atoms with Crippen LogP contribution in [0.3, 0.4) is 0 Å². The average Bonchev–Trinajstić information content (AvgIpc) is 2.80. The normalized spacial score (nSPS) is 55.2. The van der Waals surface area contributed by atoms with Crippen LogP contribution in [-0.4, -0.2) is 21.9 Å². The van der Waals surface area contributed by atoms with E-state index in [2.05, 4.69) is 26.0 Å². The van der Waals surface area contributed by atoms with Crippen molar-refractivity contribution < 1.29 is 10.2 Å². The van der Waals surface area contributed by atoms with Gasteiger partial charge in [-0.25, -0.2) is 0 Å². The fourth-order valence-electron chi connectivity index (χ4n) is 6.84. The van der Waals surface area contributed by atoms with Crippen LogP contribution in [0.2, 0.25) is 0 Å². The van der Waals surface area contributed by atoms with E-state index in [4.69, 9.17) is 0 Å². The van der Waals surface area contributed by atoms with Gasteiger partial charge in [-0.2, -0.15) is 5.26 Å². The molecule has 0 unspecified atom stereocenters. The quantitative estimate of drug-likeness (QED) is 0.530. The molecule has 0 aromatic heterocycles. The first-order chi connectivity index (χ1) is 10.8. The Hall–Kier alpha value is -0.850. The molecule has 7 atom stereocenters. The number of nitrogens with zero attached hydrogens (tertiary/aromatic N) is 1. The van der Waals surface area contributed by atoms with Crippen LogP contribution in [0.1, 0.15) is 65.2 Å². The first-order valence-electron chi connectivity index (χ1n) is 9.35. The fourth-order valence-corrected chi connectivity index (χ4v) is 6.84. The molecule has 4 aliphatic rings. The van der Waals surface area contributed by atoms with E-state index in [9.17, 15) is 15.5 Å². The highest BCUT2D eigenvalue weighted by atomic mass is 16.3. The van der Waals surface area contributed by atoms with Crippen LogP contribution in [0.25, 0.3) is 0 Å². The van der Waals surface area contributed by atoms with Gasteiger partial charge in [-0.3, -0.25) is 0 Å². The van der Waals surface area contributed by atoms with Gasteiger partial charge in [0.25, 0.3) is 0 Å². The molecule has 0 bridgehead atoms. The molecule has 0 saturated heterocycles. The van der Waals surface area contributed by atoms with Crippen LogP contribution in [0.5, 0.6) is 0 Å². The molecule has 0 amide bonds. The van der Waals surface area contributed by atoms with E-state index in [-0.39, 0.29) is 16.9 Å². The monoisotopic (exact) mass is 315 g/mol. The Morgan fingerprint density at radius 3 is 2.61 bits per heavy atom. The SMILES string of the molecule is C[C@]12CC[C@H](O)CC1=CC[C@H]1[C@H]3CC[C@@](O)(C#N)[C@]3(C)CC[C@@H]12. The molecule has 0 aromatic carbocycles. The Kier molecular flexibility index (Phi) is 3.29. The summed E-state index contributed by atoms with van der Waals surface area (Å²) in [5.74, 6) is 1.72. The maximum absolute atomic E-state index is 10.9. The largest absolute Gasteiger partial charge is 0.393 e. The topological polar surface area (TPSA) is 64.2 Å². The van der Waals surface area contributed by atoms with Crippen molar-refractivity contribution in [2.24, 2.45) is 28.6 Å². The van der Waals surface area contributed by atoms with Crippen molar-refractivity contribution >= 4 is 0 Å². The number of aliphatic hydroxyl groups excluding tert-OH is 1. The number of nitriles is 1. The van der Waals surface area contributed by atoms with Gasteiger partial charge < -0.3 is 10.2 Å². The minimum absolute atomic E-state index is 0.158. The highest BCUT2D eigenvalue weighted by Crippen LogP contribution is 2.66. The van der Waals surface area contributed by atoms with E-state index in [1.54, 1.807) is 0 Å². The minimum Gasteiger partial charge on any atom is -0.393 e. The van der Waals surface area contributed by atoms with Gasteiger partial charge in [-0.1, -0.05) is 25.5 Å². The molecule has 4 aliphatic carbocycles. The molecule has 23 heavy (non-hydrogen) atoms. The molecular formula is C20H29NO2. The summed E-state index contributed by atoms with van der Waals surface area (Å²) < 4.78 is 0.